The molecule has 0 saturated heterocycles. The molecular formula is C91H148O17P2. The summed E-state index contributed by atoms with van der Waals surface area (Å²) in [5.41, 5.74) is 0. The molecular weight excluding hydrogens is 1430 g/mol. The number of phosphoric acid groups is 2. The molecule has 0 rings (SSSR count). The summed E-state index contributed by atoms with van der Waals surface area (Å²) in [6.45, 7) is 4.50. The van der Waals surface area contributed by atoms with E-state index in [-0.39, 0.29) is 25.7 Å². The highest BCUT2D eigenvalue weighted by atomic mass is 31.2. The van der Waals surface area contributed by atoms with Gasteiger partial charge in [-0.25, -0.2) is 9.13 Å². The molecule has 0 heterocycles. The van der Waals surface area contributed by atoms with E-state index in [1.165, 1.54) is 77.0 Å². The summed E-state index contributed by atoms with van der Waals surface area (Å²) in [6, 6.07) is 0. The second kappa shape index (κ2) is 81.2. The average Bonchev–Trinajstić information content (AvgIpc) is 0.882. The molecule has 0 spiro atoms. The number of unbranched alkanes of at least 4 members (excludes halogenated alkanes) is 21. The number of rotatable bonds is 77. The van der Waals surface area contributed by atoms with Crippen LogP contribution in [0.25, 0.3) is 0 Å². The molecule has 110 heavy (non-hydrogen) atoms. The van der Waals surface area contributed by atoms with Crippen LogP contribution in [0.1, 0.15) is 310 Å². The zero-order valence-electron chi connectivity index (χ0n) is 68.4. The molecule has 0 aromatic carbocycles. The van der Waals surface area contributed by atoms with Gasteiger partial charge in [0.2, 0.25) is 0 Å². The molecule has 0 amide bonds. The fourth-order valence-corrected chi connectivity index (χ4v) is 12.0. The van der Waals surface area contributed by atoms with Gasteiger partial charge in [0.1, 0.15) is 19.3 Å². The van der Waals surface area contributed by atoms with Crippen LogP contribution in [-0.2, 0) is 65.4 Å². The van der Waals surface area contributed by atoms with Crippen LogP contribution in [0, 0.1) is 0 Å². The Kier molecular flexibility index (Phi) is 76.9. The first-order chi connectivity index (χ1) is 53.7. The third kappa shape index (κ3) is 80.2. The summed E-state index contributed by atoms with van der Waals surface area (Å²) < 4.78 is 68.6. The van der Waals surface area contributed by atoms with Crippen molar-refractivity contribution in [3.8, 4) is 0 Å². The maximum Gasteiger partial charge on any atom is 0.472 e. The number of hydrogen-bond acceptors (Lipinski definition) is 15. The second-order valence-corrected chi connectivity index (χ2v) is 30.2. The number of esters is 4. The molecule has 0 bridgehead atoms. The summed E-state index contributed by atoms with van der Waals surface area (Å²) in [7, 11) is -10.0. The lowest BCUT2D eigenvalue weighted by atomic mass is 10.1. The molecule has 19 heteroatoms. The van der Waals surface area contributed by atoms with E-state index in [9.17, 15) is 43.2 Å². The van der Waals surface area contributed by atoms with E-state index in [1.54, 1.807) is 0 Å². The first-order valence-corrected chi connectivity index (χ1v) is 45.0. The Morgan fingerprint density at radius 2 is 0.500 bits per heavy atom. The van der Waals surface area contributed by atoms with Crippen molar-refractivity contribution in [2.45, 2.75) is 329 Å². The van der Waals surface area contributed by atoms with Gasteiger partial charge in [0.15, 0.2) is 12.2 Å². The summed E-state index contributed by atoms with van der Waals surface area (Å²) >= 11 is 0. The van der Waals surface area contributed by atoms with E-state index in [1.807, 2.05) is 30.4 Å². The number of hydrogen-bond donors (Lipinski definition) is 3. The Hall–Kier alpha value is -5.84. The molecule has 2 unspecified atom stereocenters. The first-order valence-electron chi connectivity index (χ1n) is 42.0. The van der Waals surface area contributed by atoms with Gasteiger partial charge in [-0.15, -0.1) is 0 Å². The topological polar surface area (TPSA) is 237 Å². The quantitative estimate of drug-likeness (QED) is 0.0169. The lowest BCUT2D eigenvalue weighted by molar-refractivity contribution is -0.161. The Morgan fingerprint density at radius 3 is 0.855 bits per heavy atom. The Bertz CT molecular complexity index is 2800. The van der Waals surface area contributed by atoms with Crippen LogP contribution in [0.4, 0.5) is 0 Å². The lowest BCUT2D eigenvalue weighted by Gasteiger charge is -2.21. The molecule has 17 nitrogen and oxygen atoms in total. The molecule has 0 aromatic rings. The van der Waals surface area contributed by atoms with Crippen molar-refractivity contribution >= 4 is 39.5 Å². The maximum atomic E-state index is 13.1. The first kappa shape index (κ1) is 104. The van der Waals surface area contributed by atoms with Gasteiger partial charge in [0, 0.05) is 25.7 Å². The second-order valence-electron chi connectivity index (χ2n) is 27.3. The molecule has 0 fully saturated rings. The van der Waals surface area contributed by atoms with Crippen LogP contribution in [0.2, 0.25) is 0 Å². The summed E-state index contributed by atoms with van der Waals surface area (Å²) in [4.78, 5) is 73.1. The number of ether oxygens (including phenoxy) is 4. The highest BCUT2D eigenvalue weighted by Crippen LogP contribution is 2.45. The molecule has 624 valence electrons. The highest BCUT2D eigenvalue weighted by Gasteiger charge is 2.30. The van der Waals surface area contributed by atoms with Crippen LogP contribution in [0.15, 0.2) is 182 Å². The lowest BCUT2D eigenvalue weighted by Crippen LogP contribution is -2.30. The third-order valence-corrected chi connectivity index (χ3v) is 18.7. The molecule has 0 aliphatic carbocycles. The van der Waals surface area contributed by atoms with E-state index in [4.69, 9.17) is 37.0 Å². The smallest absolute Gasteiger partial charge is 0.462 e. The van der Waals surface area contributed by atoms with Crippen LogP contribution in [0.3, 0.4) is 0 Å². The number of carbonyl (C=O) groups is 4. The van der Waals surface area contributed by atoms with Gasteiger partial charge in [0.25, 0.3) is 0 Å². The van der Waals surface area contributed by atoms with Gasteiger partial charge >= 0.3 is 39.5 Å². The van der Waals surface area contributed by atoms with Gasteiger partial charge in [-0.05, 0) is 173 Å². The van der Waals surface area contributed by atoms with Gasteiger partial charge in [-0.1, -0.05) is 293 Å². The molecule has 0 aliphatic heterocycles. The highest BCUT2D eigenvalue weighted by molar-refractivity contribution is 7.47. The van der Waals surface area contributed by atoms with E-state index in [0.717, 1.165) is 141 Å². The van der Waals surface area contributed by atoms with E-state index in [2.05, 4.69) is 180 Å². The van der Waals surface area contributed by atoms with Crippen LogP contribution >= 0.6 is 15.6 Å². The largest absolute Gasteiger partial charge is 0.472 e. The van der Waals surface area contributed by atoms with Crippen molar-refractivity contribution in [3.05, 3.63) is 182 Å². The molecule has 0 aromatic heterocycles. The minimum Gasteiger partial charge on any atom is -0.462 e. The van der Waals surface area contributed by atoms with Crippen molar-refractivity contribution in [2.24, 2.45) is 0 Å². The Balaban J connectivity index is 5.55. The summed E-state index contributed by atoms with van der Waals surface area (Å²) in [5, 5.41) is 10.7. The fourth-order valence-electron chi connectivity index (χ4n) is 10.5. The predicted octanol–water partition coefficient (Wildman–Crippen LogP) is 25.1. The third-order valence-electron chi connectivity index (χ3n) is 16.8. The predicted molar refractivity (Wildman–Crippen MR) is 454 cm³/mol. The minimum absolute atomic E-state index is 0.0474. The van der Waals surface area contributed by atoms with Crippen molar-refractivity contribution in [1.29, 1.82) is 0 Å². The summed E-state index contributed by atoms with van der Waals surface area (Å²) in [6.07, 6.45) is 98.8. The van der Waals surface area contributed by atoms with Crippen molar-refractivity contribution in [3.63, 3.8) is 0 Å². The number of carbonyl (C=O) groups excluding carboxylic acids is 4. The van der Waals surface area contributed by atoms with Gasteiger partial charge in [0.05, 0.1) is 26.4 Å². The number of aliphatic hydroxyl groups is 1. The standard InChI is InChI=1S/C91H148O17P2/c1-5-9-13-17-21-25-29-33-37-40-42-45-49-52-56-60-64-68-72-76-89(94)102-81-86(107-90(95)77-73-69-65-61-57-53-47-36-32-28-24-20-16-12-8-4)83-105-109(97,98)103-79-85(92)80-104-110(99,100)106-84-87(82-101-88(93)75-71-67-63-59-55-51-48-44-39-35-31-27-23-19-15-11-7-3)108-91(96)78-74-70-66-62-58-54-50-46-43-41-38-34-30-26-22-18-14-10-6-2/h9,13,21-23,25-27,33-39,42-43,45-48,51-52,54,56,58-59,63,66,70,85-87,92H,5-8,10-12,14-20,24,28-32,40-41,44,49-50,53,55,57,60-62,64-65,67-69,71-84H2,1-4H3,(H,97,98)(H,99,100)/b13-9-,25-21-,26-22-,27-23-,37-33-,38-34-,39-35-,45-42-,46-43-,47-36-,51-48-,56-52-,58-54-,63-59-,70-66-/t85-,86-,87-/m1/s1. The molecule has 5 atom stereocenters. The van der Waals surface area contributed by atoms with Crippen molar-refractivity contribution in [1.82, 2.24) is 0 Å². The normalized spacial score (nSPS) is 14.7. The van der Waals surface area contributed by atoms with E-state index in [0.29, 0.717) is 38.5 Å². The summed E-state index contributed by atoms with van der Waals surface area (Å²) in [5.74, 6) is -2.40. The monoisotopic (exact) mass is 1580 g/mol. The van der Waals surface area contributed by atoms with Crippen molar-refractivity contribution < 1.29 is 80.2 Å². The van der Waals surface area contributed by atoms with Gasteiger partial charge in [-0.2, -0.15) is 0 Å². The number of phosphoric ester groups is 2. The Morgan fingerprint density at radius 1 is 0.264 bits per heavy atom. The Labute approximate surface area is 666 Å². The molecule has 3 N–H and O–H groups in total. The van der Waals surface area contributed by atoms with Crippen LogP contribution < -0.4 is 0 Å². The van der Waals surface area contributed by atoms with E-state index >= 15 is 0 Å². The fraction of sp³-hybridized carbons (Fsp3) is 0.626. The zero-order valence-corrected chi connectivity index (χ0v) is 70.1. The van der Waals surface area contributed by atoms with E-state index < -0.39 is 97.5 Å². The van der Waals surface area contributed by atoms with Gasteiger partial charge in [-0.3, -0.25) is 37.3 Å². The number of aliphatic hydroxyl groups excluding tert-OH is 1. The maximum absolute atomic E-state index is 13.1. The molecule has 0 saturated carbocycles. The van der Waals surface area contributed by atoms with Gasteiger partial charge < -0.3 is 33.8 Å². The van der Waals surface area contributed by atoms with Crippen LogP contribution in [0.5, 0.6) is 0 Å². The molecule has 0 radical (unpaired) electrons. The molecule has 0 aliphatic rings. The zero-order chi connectivity index (χ0) is 80.3. The average molecular weight is 1580 g/mol. The van der Waals surface area contributed by atoms with Crippen LogP contribution in [-0.4, -0.2) is 96.7 Å². The van der Waals surface area contributed by atoms with Crippen molar-refractivity contribution in [2.75, 3.05) is 39.6 Å². The minimum atomic E-state index is -5.02. The SMILES string of the molecule is CC/C=C\C/C=C\C/C=C\C/C=C\C/C=C\CCCCCC(=O)OC[C@H](COP(=O)(O)OC[C@@H](O)COP(=O)(O)OC[C@@H](COC(=O)CCC/C=C\C/C=C\C/C=C\C/C=C\CCCCC)OC(=O)CC/C=C\C/C=C\C/C=C\C/C=C\C/C=C\CCCCC)OC(=O)CCCCCCC/C=C\CCCCCCCC. The number of allylic oxidation sites excluding steroid dienone is 30.